The molecule has 0 aromatic heterocycles. The summed E-state index contributed by atoms with van der Waals surface area (Å²) in [5, 5.41) is 3.36. The normalized spacial score (nSPS) is 26.1. The highest BCUT2D eigenvalue weighted by Crippen LogP contribution is 2.25. The number of nitrogens with one attached hydrogen (secondary N) is 1. The van der Waals surface area contributed by atoms with Crippen LogP contribution in [0.25, 0.3) is 0 Å². The molecule has 1 fully saturated rings. The van der Waals surface area contributed by atoms with Crippen LogP contribution in [0.1, 0.15) is 46.5 Å². The lowest BCUT2D eigenvalue weighted by molar-refractivity contribution is -0.131. The molecular formula is C12H23NO2. The van der Waals surface area contributed by atoms with E-state index in [1.807, 2.05) is 13.8 Å². The van der Waals surface area contributed by atoms with Crippen molar-refractivity contribution in [3.63, 3.8) is 0 Å². The SMILES string of the molecule is CCCC1(C(=O)COC(C)C)CCCN1. The number of carbonyl (C=O) groups excluding carboxylic acids is 1. The van der Waals surface area contributed by atoms with Gasteiger partial charge in [-0.05, 0) is 39.7 Å². The van der Waals surface area contributed by atoms with E-state index in [1.54, 1.807) is 0 Å². The first-order chi connectivity index (χ1) is 7.10. The van der Waals surface area contributed by atoms with Crippen LogP contribution in [0.15, 0.2) is 0 Å². The van der Waals surface area contributed by atoms with Crippen LogP contribution in [-0.2, 0) is 9.53 Å². The van der Waals surface area contributed by atoms with Crippen LogP contribution >= 0.6 is 0 Å². The lowest BCUT2D eigenvalue weighted by atomic mass is 9.87. The van der Waals surface area contributed by atoms with Crippen molar-refractivity contribution in [2.45, 2.75) is 58.1 Å². The Morgan fingerprint density at radius 1 is 1.53 bits per heavy atom. The number of hydrogen-bond donors (Lipinski definition) is 1. The van der Waals surface area contributed by atoms with Crippen molar-refractivity contribution in [3.8, 4) is 0 Å². The summed E-state index contributed by atoms with van der Waals surface area (Å²) in [5.41, 5.74) is -0.274. The van der Waals surface area contributed by atoms with E-state index in [9.17, 15) is 4.79 Å². The molecule has 0 spiro atoms. The molecule has 1 aliphatic heterocycles. The number of Topliss-reactive ketones (excluding diaryl/α,β-unsaturated/α-hetero) is 1. The van der Waals surface area contributed by atoms with Crippen molar-refractivity contribution in [2.24, 2.45) is 0 Å². The van der Waals surface area contributed by atoms with Crippen molar-refractivity contribution in [3.05, 3.63) is 0 Å². The number of carbonyl (C=O) groups is 1. The molecule has 1 saturated heterocycles. The van der Waals surface area contributed by atoms with Gasteiger partial charge in [0.15, 0.2) is 5.78 Å². The van der Waals surface area contributed by atoms with Gasteiger partial charge in [-0.2, -0.15) is 0 Å². The third kappa shape index (κ3) is 3.28. The van der Waals surface area contributed by atoms with E-state index < -0.39 is 0 Å². The fraction of sp³-hybridized carbons (Fsp3) is 0.917. The van der Waals surface area contributed by atoms with Crippen LogP contribution in [0.4, 0.5) is 0 Å². The average Bonchev–Trinajstić information content (AvgIpc) is 2.64. The summed E-state index contributed by atoms with van der Waals surface area (Å²) in [6.07, 6.45) is 4.19. The molecule has 0 aliphatic carbocycles. The number of ether oxygens (including phenoxy) is 1. The summed E-state index contributed by atoms with van der Waals surface area (Å²) in [7, 11) is 0. The second-order valence-electron chi connectivity index (χ2n) is 4.65. The third-order valence-corrected chi connectivity index (χ3v) is 3.00. The van der Waals surface area contributed by atoms with E-state index in [0.29, 0.717) is 0 Å². The maximum Gasteiger partial charge on any atom is 0.178 e. The average molecular weight is 213 g/mol. The molecule has 1 heterocycles. The fourth-order valence-corrected chi connectivity index (χ4v) is 2.20. The van der Waals surface area contributed by atoms with Gasteiger partial charge in [0.2, 0.25) is 0 Å². The van der Waals surface area contributed by atoms with Crippen molar-refractivity contribution in [1.82, 2.24) is 5.32 Å². The summed E-state index contributed by atoms with van der Waals surface area (Å²) in [5.74, 6) is 0.232. The summed E-state index contributed by atoms with van der Waals surface area (Å²) in [4.78, 5) is 12.1. The first-order valence-electron chi connectivity index (χ1n) is 6.00. The molecule has 0 aromatic rings. The first kappa shape index (κ1) is 12.7. The van der Waals surface area contributed by atoms with Gasteiger partial charge in [0.05, 0.1) is 11.6 Å². The second kappa shape index (κ2) is 5.61. The Labute approximate surface area is 92.6 Å². The minimum Gasteiger partial charge on any atom is -0.371 e. The van der Waals surface area contributed by atoms with Gasteiger partial charge in [-0.25, -0.2) is 0 Å². The third-order valence-electron chi connectivity index (χ3n) is 3.00. The largest absolute Gasteiger partial charge is 0.371 e. The van der Waals surface area contributed by atoms with Gasteiger partial charge in [-0.1, -0.05) is 13.3 Å². The van der Waals surface area contributed by atoms with Gasteiger partial charge < -0.3 is 10.1 Å². The molecule has 3 heteroatoms. The fourth-order valence-electron chi connectivity index (χ4n) is 2.20. The molecule has 88 valence electrons. The van der Waals surface area contributed by atoms with Crippen LogP contribution in [0.3, 0.4) is 0 Å². The van der Waals surface area contributed by atoms with E-state index in [-0.39, 0.29) is 24.0 Å². The highest BCUT2D eigenvalue weighted by Gasteiger charge is 2.39. The summed E-state index contributed by atoms with van der Waals surface area (Å²) < 4.78 is 5.40. The Kier molecular flexibility index (Phi) is 4.74. The highest BCUT2D eigenvalue weighted by molar-refractivity contribution is 5.89. The molecule has 1 N–H and O–H groups in total. The molecule has 0 bridgehead atoms. The topological polar surface area (TPSA) is 38.3 Å². The monoisotopic (exact) mass is 213 g/mol. The summed E-state index contributed by atoms with van der Waals surface area (Å²) >= 11 is 0. The van der Waals surface area contributed by atoms with Crippen LogP contribution in [0.2, 0.25) is 0 Å². The standard InChI is InChI=1S/C12H23NO2/c1-4-6-12(7-5-8-13-12)11(14)9-15-10(2)3/h10,13H,4-9H2,1-3H3. The van der Waals surface area contributed by atoms with E-state index in [2.05, 4.69) is 12.2 Å². The highest BCUT2D eigenvalue weighted by atomic mass is 16.5. The Bertz CT molecular complexity index is 208. The molecule has 3 nitrogen and oxygen atoms in total. The van der Waals surface area contributed by atoms with Crippen LogP contribution in [0.5, 0.6) is 0 Å². The minimum absolute atomic E-state index is 0.133. The molecule has 15 heavy (non-hydrogen) atoms. The Morgan fingerprint density at radius 3 is 2.73 bits per heavy atom. The molecule has 1 rings (SSSR count). The molecule has 1 unspecified atom stereocenters. The van der Waals surface area contributed by atoms with Gasteiger partial charge >= 0.3 is 0 Å². The van der Waals surface area contributed by atoms with Crippen LogP contribution < -0.4 is 5.32 Å². The van der Waals surface area contributed by atoms with Crippen molar-refractivity contribution in [2.75, 3.05) is 13.2 Å². The smallest absolute Gasteiger partial charge is 0.178 e. The minimum atomic E-state index is -0.274. The summed E-state index contributed by atoms with van der Waals surface area (Å²) in [6, 6.07) is 0. The van der Waals surface area contributed by atoms with Crippen LogP contribution in [-0.4, -0.2) is 30.6 Å². The number of ketones is 1. The van der Waals surface area contributed by atoms with E-state index in [1.165, 1.54) is 0 Å². The maximum absolute atomic E-state index is 12.1. The van der Waals surface area contributed by atoms with Gasteiger partial charge in [0.1, 0.15) is 6.61 Å². The molecule has 1 aliphatic rings. The Balaban J connectivity index is 2.51. The van der Waals surface area contributed by atoms with Crippen LogP contribution in [0, 0.1) is 0 Å². The number of hydrogen-bond acceptors (Lipinski definition) is 3. The zero-order valence-corrected chi connectivity index (χ0v) is 10.1. The zero-order valence-electron chi connectivity index (χ0n) is 10.1. The van der Waals surface area contributed by atoms with E-state index >= 15 is 0 Å². The second-order valence-corrected chi connectivity index (χ2v) is 4.65. The lowest BCUT2D eigenvalue weighted by Gasteiger charge is -2.27. The molecule has 1 atom stereocenters. The zero-order chi connectivity index (χ0) is 11.3. The quantitative estimate of drug-likeness (QED) is 0.732. The van der Waals surface area contributed by atoms with E-state index in [4.69, 9.17) is 4.74 Å². The Hall–Kier alpha value is -0.410. The van der Waals surface area contributed by atoms with Crippen molar-refractivity contribution < 1.29 is 9.53 Å². The first-order valence-corrected chi connectivity index (χ1v) is 6.00. The lowest BCUT2D eigenvalue weighted by Crippen LogP contribution is -2.49. The van der Waals surface area contributed by atoms with Gasteiger partial charge in [-0.15, -0.1) is 0 Å². The molecule has 0 aromatic carbocycles. The van der Waals surface area contributed by atoms with Gasteiger partial charge in [0, 0.05) is 0 Å². The Morgan fingerprint density at radius 2 is 2.27 bits per heavy atom. The predicted octanol–water partition coefficient (Wildman–Crippen LogP) is 1.90. The van der Waals surface area contributed by atoms with E-state index in [0.717, 1.165) is 32.2 Å². The predicted molar refractivity (Wildman–Crippen MR) is 61.0 cm³/mol. The summed E-state index contributed by atoms with van der Waals surface area (Å²) in [6.45, 7) is 7.26. The number of rotatable bonds is 6. The molecular weight excluding hydrogens is 190 g/mol. The maximum atomic E-state index is 12.1. The van der Waals surface area contributed by atoms with Crippen molar-refractivity contribution in [1.29, 1.82) is 0 Å². The van der Waals surface area contributed by atoms with Gasteiger partial charge in [-0.3, -0.25) is 4.79 Å². The molecule has 0 saturated carbocycles. The molecule has 0 amide bonds. The van der Waals surface area contributed by atoms with Gasteiger partial charge in [0.25, 0.3) is 0 Å². The van der Waals surface area contributed by atoms with Crippen molar-refractivity contribution >= 4 is 5.78 Å². The molecule has 0 radical (unpaired) electrons.